The molecule has 3 fully saturated rings. The topological polar surface area (TPSA) is 94.1 Å². The van der Waals surface area contributed by atoms with Crippen LogP contribution in [0, 0.1) is 17.8 Å². The maximum absolute atomic E-state index is 14.2. The number of carbonyl (C=O) groups is 2. The number of rotatable bonds is 14. The first-order chi connectivity index (χ1) is 22.5. The predicted octanol–water partition coefficient (Wildman–Crippen LogP) is 6.67. The number of esters is 1. The molecule has 2 aromatic heterocycles. The van der Waals surface area contributed by atoms with Crippen LogP contribution in [0.3, 0.4) is 0 Å². The Balaban J connectivity index is 1.10. The van der Waals surface area contributed by atoms with E-state index in [0.717, 1.165) is 68.6 Å². The van der Waals surface area contributed by atoms with Gasteiger partial charge in [-0.3, -0.25) is 14.5 Å². The molecule has 0 bridgehead atoms. The van der Waals surface area contributed by atoms with E-state index >= 15 is 0 Å². The molecule has 46 heavy (non-hydrogen) atoms. The fourth-order valence-electron chi connectivity index (χ4n) is 6.69. The molecule has 1 atom stereocenters. The average molecular weight is 627 g/mol. The van der Waals surface area contributed by atoms with E-state index in [1.807, 2.05) is 60.4 Å². The number of amides is 1. The van der Waals surface area contributed by atoms with E-state index in [2.05, 4.69) is 14.9 Å². The molecule has 1 saturated heterocycles. The van der Waals surface area contributed by atoms with Crippen molar-refractivity contribution in [3.05, 3.63) is 72.1 Å². The van der Waals surface area contributed by atoms with E-state index in [0.29, 0.717) is 61.2 Å². The summed E-state index contributed by atoms with van der Waals surface area (Å²) in [6.45, 7) is 5.12. The van der Waals surface area contributed by atoms with E-state index in [4.69, 9.17) is 14.2 Å². The summed E-state index contributed by atoms with van der Waals surface area (Å²) < 4.78 is 17.1. The molecule has 6 rings (SSSR count). The number of methoxy groups -OCH3 is 1. The lowest BCUT2D eigenvalue weighted by molar-refractivity contribution is -0.143. The van der Waals surface area contributed by atoms with E-state index < -0.39 is 0 Å². The monoisotopic (exact) mass is 626 g/mol. The summed E-state index contributed by atoms with van der Waals surface area (Å²) in [5, 5.41) is 0. The second-order valence-electron chi connectivity index (χ2n) is 12.9. The molecular weight excluding hydrogens is 580 g/mol. The molecule has 3 heterocycles. The van der Waals surface area contributed by atoms with E-state index in [-0.39, 0.29) is 17.8 Å². The fraction of sp³-hybridized carbons (Fsp3) is 0.514. The number of hydrogen-bond acceptors (Lipinski definition) is 8. The van der Waals surface area contributed by atoms with E-state index in [1.165, 1.54) is 6.42 Å². The van der Waals surface area contributed by atoms with Crippen LogP contribution in [0.25, 0.3) is 0 Å². The second-order valence-corrected chi connectivity index (χ2v) is 12.9. The highest BCUT2D eigenvalue weighted by molar-refractivity contribution is 6.09. The Morgan fingerprint density at radius 2 is 1.78 bits per heavy atom. The third-order valence-electron chi connectivity index (χ3n) is 9.76. The van der Waals surface area contributed by atoms with Crippen molar-refractivity contribution in [2.24, 2.45) is 17.8 Å². The second kappa shape index (κ2) is 15.0. The van der Waals surface area contributed by atoms with Crippen LogP contribution in [0.1, 0.15) is 80.1 Å². The number of anilines is 2. The van der Waals surface area contributed by atoms with Gasteiger partial charge in [-0.25, -0.2) is 9.97 Å². The van der Waals surface area contributed by atoms with Gasteiger partial charge in [0.05, 0.1) is 38.0 Å². The molecular formula is C37H46N4O5. The minimum atomic E-state index is -0.144. The van der Waals surface area contributed by atoms with Crippen molar-refractivity contribution in [3.63, 3.8) is 0 Å². The maximum atomic E-state index is 14.2. The molecule has 1 unspecified atom stereocenters. The van der Waals surface area contributed by atoms with Gasteiger partial charge >= 0.3 is 5.97 Å². The normalized spacial score (nSPS) is 17.6. The Labute approximate surface area is 272 Å². The number of hydrogen-bond donors (Lipinski definition) is 0. The third kappa shape index (κ3) is 7.80. The number of carbonyl (C=O) groups excluding carboxylic acids is 2. The number of ether oxygens (including phenoxy) is 3. The number of nitrogens with zero attached hydrogens (tertiary/aromatic N) is 4. The van der Waals surface area contributed by atoms with Crippen molar-refractivity contribution in [1.82, 2.24) is 9.97 Å². The maximum Gasteiger partial charge on any atom is 0.306 e. The summed E-state index contributed by atoms with van der Waals surface area (Å²) in [6, 6.07) is 15.5. The van der Waals surface area contributed by atoms with Crippen molar-refractivity contribution in [2.75, 3.05) is 49.8 Å². The molecule has 1 amide bonds. The van der Waals surface area contributed by atoms with Crippen LogP contribution in [0.2, 0.25) is 0 Å². The van der Waals surface area contributed by atoms with Gasteiger partial charge in [0.15, 0.2) is 0 Å². The first-order valence-electron chi connectivity index (χ1n) is 16.9. The standard InChI is InChI=1S/C37H46N4O5/c1-3-45-36(42)23-32(28-10-11-28)29-14-18-39-35(21-29)46-25-27-15-19-40(20-16-27)33-22-30(44-2)12-13-31(33)37(43)41(24-26-7-6-8-26)34-9-4-5-17-38-34/h4-5,9,12-14,17-18,21-22,26-28,32H,3,6-8,10-11,15-16,19-20,23-25H2,1-2H3. The Morgan fingerprint density at radius 1 is 0.957 bits per heavy atom. The van der Waals surface area contributed by atoms with Gasteiger partial charge < -0.3 is 19.1 Å². The van der Waals surface area contributed by atoms with Gasteiger partial charge in [0.1, 0.15) is 11.6 Å². The quantitative estimate of drug-likeness (QED) is 0.183. The summed E-state index contributed by atoms with van der Waals surface area (Å²) in [5.74, 6) is 3.42. The van der Waals surface area contributed by atoms with Gasteiger partial charge in [-0.1, -0.05) is 12.5 Å². The minimum Gasteiger partial charge on any atom is -0.497 e. The number of aromatic nitrogens is 2. The molecule has 9 heteroatoms. The van der Waals surface area contributed by atoms with Crippen molar-refractivity contribution < 1.29 is 23.8 Å². The highest BCUT2D eigenvalue weighted by atomic mass is 16.5. The summed E-state index contributed by atoms with van der Waals surface area (Å²) in [7, 11) is 1.66. The molecule has 244 valence electrons. The zero-order valence-electron chi connectivity index (χ0n) is 27.1. The van der Waals surface area contributed by atoms with Gasteiger partial charge in [-0.05, 0) is 105 Å². The number of benzene rings is 1. The molecule has 0 N–H and O–H groups in total. The lowest BCUT2D eigenvalue weighted by Gasteiger charge is -2.36. The Kier molecular flexibility index (Phi) is 10.4. The SMILES string of the molecule is CCOC(=O)CC(c1ccnc(OCC2CCN(c3cc(OC)ccc3C(=O)N(CC3CCC3)c3ccccn3)CC2)c1)C1CC1. The third-order valence-corrected chi connectivity index (χ3v) is 9.76. The average Bonchev–Trinajstić information content (AvgIpc) is 3.92. The molecule has 3 aromatic rings. The van der Waals surface area contributed by atoms with Crippen molar-refractivity contribution in [1.29, 1.82) is 0 Å². The minimum absolute atomic E-state index is 0.0212. The largest absolute Gasteiger partial charge is 0.497 e. The first-order valence-corrected chi connectivity index (χ1v) is 16.9. The first kappa shape index (κ1) is 31.8. The van der Waals surface area contributed by atoms with Gasteiger partial charge in [-0.15, -0.1) is 0 Å². The van der Waals surface area contributed by atoms with Crippen LogP contribution in [-0.4, -0.2) is 61.8 Å². The van der Waals surface area contributed by atoms with Gasteiger partial charge in [-0.2, -0.15) is 0 Å². The van der Waals surface area contributed by atoms with Crippen LogP contribution in [-0.2, 0) is 9.53 Å². The number of piperidine rings is 1. The highest BCUT2D eigenvalue weighted by Crippen LogP contribution is 2.45. The lowest BCUT2D eigenvalue weighted by atomic mass is 9.85. The Bertz CT molecular complexity index is 1470. The molecule has 2 aliphatic carbocycles. The summed E-state index contributed by atoms with van der Waals surface area (Å²) in [4.78, 5) is 39.6. The van der Waals surface area contributed by atoms with Crippen LogP contribution in [0.4, 0.5) is 11.5 Å². The van der Waals surface area contributed by atoms with E-state index in [1.54, 1.807) is 19.5 Å². The fourth-order valence-corrected chi connectivity index (χ4v) is 6.69. The molecule has 1 aliphatic heterocycles. The molecule has 0 spiro atoms. The molecule has 9 nitrogen and oxygen atoms in total. The molecule has 1 aromatic carbocycles. The van der Waals surface area contributed by atoms with Crippen LogP contribution < -0.4 is 19.3 Å². The number of pyridine rings is 2. The van der Waals surface area contributed by atoms with E-state index in [9.17, 15) is 9.59 Å². The zero-order valence-corrected chi connectivity index (χ0v) is 27.1. The summed E-state index contributed by atoms with van der Waals surface area (Å²) >= 11 is 0. The zero-order chi connectivity index (χ0) is 31.9. The molecule has 2 saturated carbocycles. The summed E-state index contributed by atoms with van der Waals surface area (Å²) in [6.07, 6.45) is 11.6. The van der Waals surface area contributed by atoms with Crippen molar-refractivity contribution in [3.8, 4) is 11.6 Å². The lowest BCUT2D eigenvalue weighted by Crippen LogP contribution is -2.40. The van der Waals surface area contributed by atoms with Crippen molar-refractivity contribution in [2.45, 2.75) is 64.2 Å². The van der Waals surface area contributed by atoms with Gasteiger partial charge in [0, 0.05) is 44.2 Å². The van der Waals surface area contributed by atoms with Gasteiger partial charge in [0.2, 0.25) is 5.88 Å². The summed E-state index contributed by atoms with van der Waals surface area (Å²) in [5.41, 5.74) is 2.68. The van der Waals surface area contributed by atoms with Crippen LogP contribution >= 0.6 is 0 Å². The van der Waals surface area contributed by atoms with Crippen molar-refractivity contribution >= 4 is 23.4 Å². The predicted molar refractivity (Wildman–Crippen MR) is 178 cm³/mol. The highest BCUT2D eigenvalue weighted by Gasteiger charge is 2.35. The van der Waals surface area contributed by atoms with Crippen LogP contribution in [0.15, 0.2) is 60.9 Å². The molecule has 3 aliphatic rings. The molecule has 0 radical (unpaired) electrons. The van der Waals surface area contributed by atoms with Gasteiger partial charge in [0.25, 0.3) is 5.91 Å². The smallest absolute Gasteiger partial charge is 0.306 e. The van der Waals surface area contributed by atoms with Crippen LogP contribution in [0.5, 0.6) is 11.6 Å². The Hall–Kier alpha value is -4.14. The Morgan fingerprint density at radius 3 is 2.46 bits per heavy atom.